The molecule has 8 N–H and O–H groups in total. The number of aliphatic hydroxyl groups excluding tert-OH is 2. The number of hydrogen-bond acceptors (Lipinski definition) is 9. The predicted octanol–water partition coefficient (Wildman–Crippen LogP) is -0.808. The number of anilines is 1. The van der Waals surface area contributed by atoms with Gasteiger partial charge in [0, 0.05) is 17.4 Å². The van der Waals surface area contributed by atoms with E-state index in [1.165, 1.54) is 25.1 Å². The average Bonchev–Trinajstić information content (AvgIpc) is 2.71. The number of benzene rings is 1. The molecule has 1 aromatic rings. The van der Waals surface area contributed by atoms with Gasteiger partial charge in [-0.1, -0.05) is 13.0 Å². The molecular weight excluding hydrogens is 418 g/mol. The molecule has 4 rings (SSSR count). The lowest BCUT2D eigenvalue weighted by Gasteiger charge is -2.53. The monoisotopic (exact) mass is 443 g/mol. The fourth-order valence-electron chi connectivity index (χ4n) is 5.51. The number of amides is 1. The number of Topliss-reactive ketones (excluding diaryl/α,β-unsaturated/α-hetero) is 2. The van der Waals surface area contributed by atoms with Gasteiger partial charge >= 0.3 is 0 Å². The first-order valence-corrected chi connectivity index (χ1v) is 10.1. The number of nitrogens with two attached hydrogens (primary N) is 2. The van der Waals surface area contributed by atoms with Crippen LogP contribution in [0.4, 0.5) is 5.69 Å². The number of aliphatic hydroxyl groups is 3. The maximum atomic E-state index is 13.6. The van der Waals surface area contributed by atoms with Crippen molar-refractivity contribution in [3.63, 3.8) is 0 Å². The highest BCUT2D eigenvalue weighted by atomic mass is 16.3. The van der Waals surface area contributed by atoms with Crippen LogP contribution in [0.5, 0.6) is 5.75 Å². The highest BCUT2D eigenvalue weighted by molar-refractivity contribution is 6.24. The molecule has 0 bridgehead atoms. The zero-order chi connectivity index (χ0) is 23.9. The van der Waals surface area contributed by atoms with E-state index in [0.717, 1.165) is 6.08 Å². The van der Waals surface area contributed by atoms with E-state index in [1.54, 1.807) is 13.0 Å². The Morgan fingerprint density at radius 1 is 1.19 bits per heavy atom. The SMILES string of the molecule is C[C@H]1c2ccc(N)c(O)c2C(O)=C2C(=O)[C@]3(O)C=C(C(N)=O)C(=O)[C@@H](N(C)C)[C@@H]3[C@@H](O)[C@@H]21. The number of hydrogen-bond donors (Lipinski definition) is 6. The number of phenols is 1. The van der Waals surface area contributed by atoms with Gasteiger partial charge in [0.05, 0.1) is 29.0 Å². The van der Waals surface area contributed by atoms with Crippen molar-refractivity contribution in [3.8, 4) is 5.75 Å². The number of primary amides is 1. The minimum absolute atomic E-state index is 0.0196. The number of ketones is 2. The standard InChI is InChI=1S/C22H25N3O7/c1-7-8-4-5-10(23)17(27)12(8)18(28)13-11(7)19(29)14-15(25(2)3)16(26)9(21(24)31)6-22(14,32)20(13)30/h4-7,11,14-15,19,27-29,32H,23H2,1-3H3,(H2,24,31)/t7-,11+,14+,15-,19-,22-/m0/s1. The number of carbonyl (C=O) groups excluding carboxylic acids is 3. The van der Waals surface area contributed by atoms with Gasteiger partial charge in [-0.15, -0.1) is 0 Å². The number of fused-ring (bicyclic) bond motifs is 3. The van der Waals surface area contributed by atoms with Gasteiger partial charge in [-0.05, 0) is 37.7 Å². The van der Waals surface area contributed by atoms with Crippen molar-refractivity contribution in [2.75, 3.05) is 19.8 Å². The summed E-state index contributed by atoms with van der Waals surface area (Å²) in [6, 6.07) is 1.81. The van der Waals surface area contributed by atoms with Crippen LogP contribution in [0.15, 0.2) is 29.4 Å². The van der Waals surface area contributed by atoms with Gasteiger partial charge < -0.3 is 31.9 Å². The minimum atomic E-state index is -2.49. The minimum Gasteiger partial charge on any atom is -0.507 e. The molecule has 0 spiro atoms. The Hall–Kier alpha value is -3.21. The quantitative estimate of drug-likeness (QED) is 0.193. The second-order valence-corrected chi connectivity index (χ2v) is 8.91. The van der Waals surface area contributed by atoms with Crippen molar-refractivity contribution in [2.24, 2.45) is 17.6 Å². The smallest absolute Gasteiger partial charge is 0.252 e. The number of aromatic hydroxyl groups is 1. The van der Waals surface area contributed by atoms with Gasteiger partial charge in [-0.25, -0.2) is 0 Å². The molecule has 0 unspecified atom stereocenters. The fraction of sp³-hybridized carbons (Fsp3) is 0.409. The van der Waals surface area contributed by atoms with Crippen LogP contribution in [0, 0.1) is 11.8 Å². The normalized spacial score (nSPS) is 34.1. The number of carbonyl (C=O) groups is 3. The Morgan fingerprint density at radius 2 is 1.81 bits per heavy atom. The molecule has 6 atom stereocenters. The maximum absolute atomic E-state index is 13.6. The van der Waals surface area contributed by atoms with Crippen molar-refractivity contribution in [1.29, 1.82) is 0 Å². The summed E-state index contributed by atoms with van der Waals surface area (Å²) in [7, 11) is 3.04. The Bertz CT molecular complexity index is 1140. The van der Waals surface area contributed by atoms with Gasteiger partial charge in [-0.3, -0.25) is 19.3 Å². The predicted molar refractivity (Wildman–Crippen MR) is 113 cm³/mol. The van der Waals surface area contributed by atoms with Crippen molar-refractivity contribution in [1.82, 2.24) is 4.90 Å². The lowest BCUT2D eigenvalue weighted by molar-refractivity contribution is -0.160. The second kappa shape index (κ2) is 6.89. The largest absolute Gasteiger partial charge is 0.507 e. The molecule has 0 radical (unpaired) electrons. The van der Waals surface area contributed by atoms with Gasteiger partial charge in [0.25, 0.3) is 5.91 Å². The van der Waals surface area contributed by atoms with Gasteiger partial charge in [0.1, 0.15) is 11.5 Å². The molecule has 32 heavy (non-hydrogen) atoms. The van der Waals surface area contributed by atoms with E-state index in [1.807, 2.05) is 0 Å². The number of phenolic OH excluding ortho intramolecular Hbond substituents is 1. The summed E-state index contributed by atoms with van der Waals surface area (Å²) < 4.78 is 0. The molecular formula is C22H25N3O7. The first-order chi connectivity index (χ1) is 14.8. The average molecular weight is 443 g/mol. The first kappa shape index (κ1) is 22.0. The maximum Gasteiger partial charge on any atom is 0.252 e. The topological polar surface area (TPSA) is 187 Å². The zero-order valence-corrected chi connectivity index (χ0v) is 17.7. The molecule has 3 aliphatic rings. The lowest BCUT2D eigenvalue weighted by Crippen LogP contribution is -2.68. The van der Waals surface area contributed by atoms with Crippen LogP contribution >= 0.6 is 0 Å². The molecule has 170 valence electrons. The van der Waals surface area contributed by atoms with E-state index >= 15 is 0 Å². The molecule has 3 aliphatic carbocycles. The molecule has 0 aliphatic heterocycles. The third-order valence-corrected chi connectivity index (χ3v) is 7.01. The van der Waals surface area contributed by atoms with Crippen molar-refractivity contribution in [3.05, 3.63) is 40.5 Å². The van der Waals surface area contributed by atoms with Crippen LogP contribution in [0.25, 0.3) is 5.76 Å². The van der Waals surface area contributed by atoms with Crippen LogP contribution in [-0.2, 0) is 14.4 Å². The molecule has 0 saturated heterocycles. The Balaban J connectivity index is 2.03. The fourth-order valence-corrected chi connectivity index (χ4v) is 5.51. The summed E-state index contributed by atoms with van der Waals surface area (Å²) >= 11 is 0. The molecule has 1 saturated carbocycles. The van der Waals surface area contributed by atoms with E-state index in [4.69, 9.17) is 11.5 Å². The van der Waals surface area contributed by atoms with Crippen LogP contribution in [0.3, 0.4) is 0 Å². The number of likely N-dealkylation sites (N-methyl/N-ethyl adjacent to an activating group) is 1. The zero-order valence-electron chi connectivity index (χ0n) is 17.7. The van der Waals surface area contributed by atoms with Crippen LogP contribution < -0.4 is 11.5 Å². The van der Waals surface area contributed by atoms with Gasteiger partial charge in [-0.2, -0.15) is 0 Å². The summed E-state index contributed by atoms with van der Waals surface area (Å²) in [5, 5.41) is 44.4. The third kappa shape index (κ3) is 2.60. The number of rotatable bonds is 2. The summed E-state index contributed by atoms with van der Waals surface area (Å²) in [4.78, 5) is 40.0. The summed E-state index contributed by atoms with van der Waals surface area (Å²) in [6.07, 6.45) is -0.677. The van der Waals surface area contributed by atoms with E-state index in [9.17, 15) is 34.8 Å². The molecule has 10 heteroatoms. The molecule has 0 aromatic heterocycles. The Morgan fingerprint density at radius 3 is 2.38 bits per heavy atom. The van der Waals surface area contributed by atoms with Crippen molar-refractivity contribution >= 4 is 28.9 Å². The highest BCUT2D eigenvalue weighted by Gasteiger charge is 2.64. The Kier molecular flexibility index (Phi) is 4.74. The third-order valence-electron chi connectivity index (χ3n) is 7.01. The number of nitrogen functional groups attached to an aromatic ring is 1. The molecule has 1 fully saturated rings. The number of nitrogens with zero attached hydrogens (tertiary/aromatic N) is 1. The van der Waals surface area contributed by atoms with Crippen LogP contribution in [0.2, 0.25) is 0 Å². The van der Waals surface area contributed by atoms with Crippen LogP contribution in [-0.4, -0.2) is 74.6 Å². The van der Waals surface area contributed by atoms with Gasteiger partial charge in [0.2, 0.25) is 0 Å². The lowest BCUT2D eigenvalue weighted by atomic mass is 9.55. The Labute approximate surface area is 183 Å². The highest BCUT2D eigenvalue weighted by Crippen LogP contribution is 2.55. The van der Waals surface area contributed by atoms with E-state index in [2.05, 4.69) is 0 Å². The molecule has 0 heterocycles. The first-order valence-electron chi connectivity index (χ1n) is 10.1. The summed E-state index contributed by atoms with van der Waals surface area (Å²) in [5.41, 5.74) is 8.12. The van der Waals surface area contributed by atoms with Crippen molar-refractivity contribution in [2.45, 2.75) is 30.6 Å². The molecule has 1 aromatic carbocycles. The molecule has 10 nitrogen and oxygen atoms in total. The van der Waals surface area contributed by atoms with Crippen LogP contribution in [0.1, 0.15) is 24.0 Å². The summed E-state index contributed by atoms with van der Waals surface area (Å²) in [6.45, 7) is 1.70. The summed E-state index contributed by atoms with van der Waals surface area (Å²) in [5.74, 6) is -6.74. The molecule has 1 amide bonds. The van der Waals surface area contributed by atoms with Gasteiger partial charge in [0.15, 0.2) is 17.2 Å². The second-order valence-electron chi connectivity index (χ2n) is 8.91. The van der Waals surface area contributed by atoms with E-state index in [-0.39, 0.29) is 16.8 Å². The van der Waals surface area contributed by atoms with Crippen molar-refractivity contribution < 1.29 is 34.8 Å². The van der Waals surface area contributed by atoms with E-state index < -0.39 is 70.1 Å². The van der Waals surface area contributed by atoms with E-state index in [0.29, 0.717) is 5.56 Å².